The molecule has 0 saturated heterocycles. The van der Waals surface area contributed by atoms with E-state index in [0.29, 0.717) is 0 Å². The molecule has 0 bridgehead atoms. The Morgan fingerprint density at radius 2 is 0.495 bits per heavy atom. The van der Waals surface area contributed by atoms with Crippen LogP contribution in [0.15, 0.2) is 388 Å². The van der Waals surface area contributed by atoms with Crippen LogP contribution in [0.5, 0.6) is 0 Å². The van der Waals surface area contributed by atoms with Gasteiger partial charge in [0, 0.05) is 54.0 Å². The van der Waals surface area contributed by atoms with E-state index in [1.165, 1.54) is 154 Å². The normalized spacial score (nSPS) is 13.1. The van der Waals surface area contributed by atoms with Gasteiger partial charge < -0.3 is 9.80 Å². The van der Waals surface area contributed by atoms with Crippen molar-refractivity contribution in [3.63, 3.8) is 0 Å². The van der Waals surface area contributed by atoms with E-state index < -0.39 is 10.8 Å². The molecule has 0 aliphatic heterocycles. The molecule has 1 aromatic heterocycles. The van der Waals surface area contributed by atoms with Gasteiger partial charge >= 0.3 is 0 Å². The maximum Gasteiger partial charge on any atom is 0.0726 e. The van der Waals surface area contributed by atoms with Gasteiger partial charge in [0.25, 0.3) is 0 Å². The third-order valence-corrected chi connectivity index (χ3v) is 22.9. The number of hydrogen-bond acceptors (Lipinski definition) is 3. The van der Waals surface area contributed by atoms with Crippen molar-refractivity contribution in [3.05, 3.63) is 433 Å². The third kappa shape index (κ3) is 8.90. The van der Waals surface area contributed by atoms with Crippen LogP contribution in [0.1, 0.15) is 44.5 Å². The first-order valence-corrected chi connectivity index (χ1v) is 35.8. The Hall–Kier alpha value is -12.7. The monoisotopic (exact) mass is 1300 g/mol. The van der Waals surface area contributed by atoms with Crippen LogP contribution in [-0.4, -0.2) is 0 Å². The number of fused-ring (bicyclic) bond motifs is 23. The van der Waals surface area contributed by atoms with E-state index >= 15 is 0 Å². The van der Waals surface area contributed by atoms with Crippen molar-refractivity contribution >= 4 is 65.6 Å². The molecule has 0 radical (unpaired) electrons. The minimum atomic E-state index is -0.399. The van der Waals surface area contributed by atoms with Gasteiger partial charge in [-0.1, -0.05) is 315 Å². The topological polar surface area (TPSA) is 6.48 Å². The summed E-state index contributed by atoms with van der Waals surface area (Å²) in [5.41, 5.74) is 34.6. The molecule has 3 heteroatoms. The van der Waals surface area contributed by atoms with Gasteiger partial charge in [-0.05, 0) is 184 Å². The van der Waals surface area contributed by atoms with E-state index in [1.807, 2.05) is 11.3 Å². The smallest absolute Gasteiger partial charge is 0.0726 e. The highest BCUT2D eigenvalue weighted by Crippen LogP contribution is 2.67. The Bertz CT molecular complexity index is 6000. The molecule has 1 heterocycles. The highest BCUT2D eigenvalue weighted by Gasteiger charge is 2.54. The number of rotatable bonds is 9. The predicted molar refractivity (Wildman–Crippen MR) is 424 cm³/mol. The average molecular weight is 1300 g/mol. The number of benzene rings is 16. The average Bonchev–Trinajstić information content (AvgIpc) is 1.51. The summed E-state index contributed by atoms with van der Waals surface area (Å²) in [5.74, 6) is 0. The van der Waals surface area contributed by atoms with Crippen molar-refractivity contribution in [3.8, 4) is 77.9 Å². The van der Waals surface area contributed by atoms with Crippen LogP contribution >= 0.6 is 11.3 Å². The molecule has 0 atom stereocenters. The Kier molecular flexibility index (Phi) is 13.6. The lowest BCUT2D eigenvalue weighted by Gasteiger charge is -2.32. The van der Waals surface area contributed by atoms with Crippen molar-refractivity contribution in [2.24, 2.45) is 0 Å². The zero-order valence-electron chi connectivity index (χ0n) is 55.3. The minimum Gasteiger partial charge on any atom is -0.310 e. The van der Waals surface area contributed by atoms with Crippen molar-refractivity contribution in [2.45, 2.75) is 10.8 Å². The molecule has 0 N–H and O–H groups in total. The van der Waals surface area contributed by atoms with E-state index in [1.54, 1.807) is 0 Å². The van der Waals surface area contributed by atoms with Gasteiger partial charge in [-0.15, -0.1) is 11.3 Å². The Balaban J connectivity index is 0.000000136. The van der Waals surface area contributed by atoms with E-state index in [2.05, 4.69) is 398 Å². The quantitative estimate of drug-likeness (QED) is 0.142. The standard InChI is InChI=1S/C49H31NS.C49H33N/c1-2-13-32(14-3-1)33-25-27-34(28-26-33)50(35-29-30-47-40(31-35)38-17-7-11-24-46(38)51-47)45-23-12-22-44-48(45)39-18-6-10-21-43(39)49(44)41-19-8-4-15-36(41)37-16-5-9-20-42(37)49;1-3-15-34(16-4-1)36-29-31-38(32-30-36)50(39-20-13-19-37(33-39)35-17-5-2-6-18-35)47-28-14-27-46-48(47)42-23-9-12-26-45(42)49(46)43-24-10-7-21-40(43)41-22-8-11-25-44(41)49/h1-31H;1-33H. The molecule has 4 aliphatic carbocycles. The second kappa shape index (κ2) is 23.5. The van der Waals surface area contributed by atoms with E-state index in [0.717, 1.165) is 22.7 Å². The zero-order valence-corrected chi connectivity index (χ0v) is 56.1. The summed E-state index contributed by atoms with van der Waals surface area (Å²) in [5, 5.41) is 2.60. The fraction of sp³-hybridized carbons (Fsp3) is 0.0204. The molecule has 16 aromatic carbocycles. The largest absolute Gasteiger partial charge is 0.310 e. The third-order valence-electron chi connectivity index (χ3n) is 21.8. The molecule has 0 amide bonds. The summed E-state index contributed by atoms with van der Waals surface area (Å²) in [6, 6.07) is 143. The Morgan fingerprint density at radius 1 is 0.188 bits per heavy atom. The van der Waals surface area contributed by atoms with Gasteiger partial charge in [0.1, 0.15) is 0 Å². The fourth-order valence-electron chi connectivity index (χ4n) is 17.7. The Labute approximate surface area is 592 Å². The van der Waals surface area contributed by atoms with Crippen LogP contribution in [0.25, 0.3) is 98.1 Å². The lowest BCUT2D eigenvalue weighted by Crippen LogP contribution is -2.26. The van der Waals surface area contributed by atoms with E-state index in [-0.39, 0.29) is 0 Å². The van der Waals surface area contributed by atoms with E-state index in [9.17, 15) is 0 Å². The molecular formula is C98H64N2S. The van der Waals surface area contributed by atoms with Crippen molar-refractivity contribution < 1.29 is 0 Å². The first-order valence-electron chi connectivity index (χ1n) is 35.0. The van der Waals surface area contributed by atoms with Crippen molar-refractivity contribution in [1.29, 1.82) is 0 Å². The molecule has 21 rings (SSSR count). The number of nitrogens with zero attached hydrogens (tertiary/aromatic N) is 2. The van der Waals surface area contributed by atoms with Crippen LogP contribution in [0.4, 0.5) is 34.1 Å². The molecule has 4 aliphatic rings. The molecule has 2 spiro atoms. The van der Waals surface area contributed by atoms with Gasteiger partial charge in [0.05, 0.1) is 22.2 Å². The second-order valence-corrected chi connectivity index (χ2v) is 27.9. The molecule has 0 saturated carbocycles. The first-order chi connectivity index (χ1) is 50.1. The van der Waals surface area contributed by atoms with Gasteiger partial charge in [-0.2, -0.15) is 0 Å². The highest BCUT2D eigenvalue weighted by atomic mass is 32.1. The minimum absolute atomic E-state index is 0.397. The predicted octanol–water partition coefficient (Wildman–Crippen LogP) is 26.4. The summed E-state index contributed by atoms with van der Waals surface area (Å²) < 4.78 is 2.62. The molecule has 101 heavy (non-hydrogen) atoms. The number of anilines is 6. The van der Waals surface area contributed by atoms with Gasteiger partial charge in [0.2, 0.25) is 0 Å². The number of thiophene rings is 1. The first kappa shape index (κ1) is 58.5. The van der Waals surface area contributed by atoms with E-state index in [4.69, 9.17) is 0 Å². The molecule has 2 nitrogen and oxygen atoms in total. The van der Waals surface area contributed by atoms with Crippen LogP contribution in [0.3, 0.4) is 0 Å². The molecule has 0 fully saturated rings. The SMILES string of the molecule is c1ccc(-c2ccc(N(c3ccc4sc5ccccc5c4c3)c3cccc4c3-c3ccccc3C43c4ccccc4-c4ccccc43)cc2)cc1.c1ccc(-c2ccc(N(c3cccc(-c4ccccc4)c3)c3cccc4c3-c3ccccc3C43c4ccccc4-c4ccccc43)cc2)cc1. The highest BCUT2D eigenvalue weighted by molar-refractivity contribution is 7.25. The van der Waals surface area contributed by atoms with Crippen LogP contribution in [0, 0.1) is 0 Å². The second-order valence-electron chi connectivity index (χ2n) is 26.9. The molecule has 0 unspecified atom stereocenters. The van der Waals surface area contributed by atoms with Crippen LogP contribution in [0.2, 0.25) is 0 Å². The summed E-state index contributed by atoms with van der Waals surface area (Å²) in [7, 11) is 0. The van der Waals surface area contributed by atoms with Gasteiger partial charge in [-0.25, -0.2) is 0 Å². The van der Waals surface area contributed by atoms with Crippen LogP contribution in [-0.2, 0) is 10.8 Å². The van der Waals surface area contributed by atoms with Crippen LogP contribution < -0.4 is 9.80 Å². The summed E-state index contributed by atoms with van der Waals surface area (Å²) in [6.45, 7) is 0. The van der Waals surface area contributed by atoms with Crippen molar-refractivity contribution in [2.75, 3.05) is 9.80 Å². The zero-order chi connectivity index (χ0) is 66.6. The lowest BCUT2D eigenvalue weighted by atomic mass is 9.70. The Morgan fingerprint density at radius 3 is 0.941 bits per heavy atom. The summed E-state index contributed by atoms with van der Waals surface area (Å²) in [4.78, 5) is 4.95. The van der Waals surface area contributed by atoms with Gasteiger partial charge in [-0.3, -0.25) is 0 Å². The lowest BCUT2D eigenvalue weighted by molar-refractivity contribution is 0.794. The molecular weight excluding hydrogens is 1240 g/mol. The number of hydrogen-bond donors (Lipinski definition) is 0. The van der Waals surface area contributed by atoms with Gasteiger partial charge in [0.15, 0.2) is 0 Å². The maximum atomic E-state index is 2.49. The fourth-order valence-corrected chi connectivity index (χ4v) is 18.7. The molecule has 472 valence electrons. The maximum absolute atomic E-state index is 2.49. The summed E-state index contributed by atoms with van der Waals surface area (Å²) >= 11 is 1.87. The van der Waals surface area contributed by atoms with Crippen molar-refractivity contribution in [1.82, 2.24) is 0 Å². The molecule has 17 aromatic rings. The summed E-state index contributed by atoms with van der Waals surface area (Å²) in [6.07, 6.45) is 0.